The summed E-state index contributed by atoms with van der Waals surface area (Å²) in [6, 6.07) is 1.32. The summed E-state index contributed by atoms with van der Waals surface area (Å²) in [6.45, 7) is 14.4. The maximum Gasteiger partial charge on any atom is 0.202 e. The van der Waals surface area contributed by atoms with Crippen molar-refractivity contribution in [1.82, 2.24) is 0 Å². The molecule has 0 amide bonds. The van der Waals surface area contributed by atoms with Gasteiger partial charge in [0.2, 0.25) is 8.32 Å². The van der Waals surface area contributed by atoms with Crippen LogP contribution in [0.3, 0.4) is 0 Å². The van der Waals surface area contributed by atoms with Crippen molar-refractivity contribution in [2.24, 2.45) is 17.8 Å². The summed E-state index contributed by atoms with van der Waals surface area (Å²) in [5.41, 5.74) is 0. The van der Waals surface area contributed by atoms with Crippen LogP contribution in [0.5, 0.6) is 0 Å². The first kappa shape index (κ1) is 16.3. The summed E-state index contributed by atoms with van der Waals surface area (Å²) in [5, 5.41) is 0.598. The summed E-state index contributed by atoms with van der Waals surface area (Å²) < 4.78 is 6.33. The third-order valence-corrected chi connectivity index (χ3v) is 12.6. The summed E-state index contributed by atoms with van der Waals surface area (Å²) >= 11 is 0. The van der Waals surface area contributed by atoms with Crippen LogP contribution in [-0.2, 0) is 4.43 Å². The molecule has 20 heavy (non-hydrogen) atoms. The van der Waals surface area contributed by atoms with Crippen LogP contribution in [0.15, 0.2) is 12.2 Å². The molecular weight excluding hydrogens is 260 g/mol. The van der Waals surface area contributed by atoms with Gasteiger partial charge in [-0.3, -0.25) is 0 Å². The normalized spacial score (nSPS) is 30.2. The second-order valence-electron chi connectivity index (χ2n) is 9.11. The van der Waals surface area contributed by atoms with Gasteiger partial charge in [-0.25, -0.2) is 0 Å². The summed E-state index contributed by atoms with van der Waals surface area (Å²) in [5.74, 6) is 2.70. The third kappa shape index (κ3) is 2.66. The monoisotopic (exact) mass is 294 g/mol. The molecule has 1 saturated carbocycles. The molecule has 2 aliphatic carbocycles. The lowest BCUT2D eigenvalue weighted by molar-refractivity contribution is 0.314. The van der Waals surface area contributed by atoms with E-state index in [2.05, 4.69) is 53.7 Å². The molecule has 2 heteroatoms. The van der Waals surface area contributed by atoms with Crippen molar-refractivity contribution in [3.05, 3.63) is 12.2 Å². The molecule has 0 aliphatic heterocycles. The summed E-state index contributed by atoms with van der Waals surface area (Å²) in [6.07, 6.45) is 9.18. The van der Waals surface area contributed by atoms with Crippen LogP contribution < -0.4 is 0 Å². The minimum absolute atomic E-state index is 0.299. The molecule has 0 heterocycles. The largest absolute Gasteiger partial charge is 0.419 e. The van der Waals surface area contributed by atoms with Gasteiger partial charge in [0, 0.05) is 7.11 Å². The fourth-order valence-corrected chi connectivity index (χ4v) is 11.2. The van der Waals surface area contributed by atoms with E-state index in [1.807, 2.05) is 7.11 Å². The highest BCUT2D eigenvalue weighted by Gasteiger charge is 2.54. The molecule has 1 fully saturated rings. The van der Waals surface area contributed by atoms with Crippen molar-refractivity contribution in [2.45, 2.75) is 76.9 Å². The quantitative estimate of drug-likeness (QED) is 0.471. The Hall–Kier alpha value is -0.0831. The minimum atomic E-state index is -1.79. The molecule has 0 aromatic heterocycles. The molecule has 1 nitrogen and oxygen atoms in total. The van der Waals surface area contributed by atoms with Crippen LogP contribution in [0, 0.1) is 17.8 Å². The highest BCUT2D eigenvalue weighted by molar-refractivity contribution is 6.79. The summed E-state index contributed by atoms with van der Waals surface area (Å²) in [4.78, 5) is 0. The molecular formula is C18H34OSi. The van der Waals surface area contributed by atoms with Gasteiger partial charge in [-0.2, -0.15) is 0 Å². The Kier molecular flexibility index (Phi) is 4.30. The van der Waals surface area contributed by atoms with E-state index in [4.69, 9.17) is 4.43 Å². The SMILES string of the molecule is CO[Si](CCC1CC2C=CC1C2)(C(C)(C)C)C(C)(C)C. The molecule has 0 aromatic carbocycles. The maximum absolute atomic E-state index is 6.33. The van der Waals surface area contributed by atoms with Crippen molar-refractivity contribution in [3.63, 3.8) is 0 Å². The first-order chi connectivity index (χ1) is 9.11. The topological polar surface area (TPSA) is 9.23 Å². The van der Waals surface area contributed by atoms with E-state index in [0.29, 0.717) is 10.1 Å². The molecule has 0 radical (unpaired) electrons. The third-order valence-electron chi connectivity index (χ3n) is 6.06. The second kappa shape index (κ2) is 5.28. The number of hydrogen-bond acceptors (Lipinski definition) is 1. The van der Waals surface area contributed by atoms with E-state index in [-0.39, 0.29) is 0 Å². The molecule has 3 unspecified atom stereocenters. The molecule has 2 bridgehead atoms. The van der Waals surface area contributed by atoms with Crippen molar-refractivity contribution < 1.29 is 4.43 Å². The Bertz CT molecular complexity index is 358. The smallest absolute Gasteiger partial charge is 0.202 e. The van der Waals surface area contributed by atoms with Crippen LogP contribution in [0.2, 0.25) is 16.1 Å². The van der Waals surface area contributed by atoms with Gasteiger partial charge in [-0.1, -0.05) is 60.1 Å². The standard InChI is InChI=1S/C18H34OSi/c1-17(2,3)20(19-7,18(4,5)6)11-10-16-13-14-8-9-15(16)12-14/h8-9,14-16H,10-13H2,1-7H3. The highest BCUT2D eigenvalue weighted by atomic mass is 28.4. The van der Waals surface area contributed by atoms with Crippen molar-refractivity contribution in [1.29, 1.82) is 0 Å². The predicted octanol–water partition coefficient (Wildman–Crippen LogP) is 5.78. The van der Waals surface area contributed by atoms with E-state index in [1.54, 1.807) is 0 Å². The fraction of sp³-hybridized carbons (Fsp3) is 0.889. The van der Waals surface area contributed by atoms with E-state index >= 15 is 0 Å². The van der Waals surface area contributed by atoms with Gasteiger partial charge >= 0.3 is 0 Å². The zero-order valence-electron chi connectivity index (χ0n) is 14.6. The maximum atomic E-state index is 6.33. The van der Waals surface area contributed by atoms with Crippen molar-refractivity contribution in [2.75, 3.05) is 7.11 Å². The average molecular weight is 295 g/mol. The van der Waals surface area contributed by atoms with Crippen LogP contribution in [0.4, 0.5) is 0 Å². The van der Waals surface area contributed by atoms with E-state index in [1.165, 1.54) is 25.3 Å². The van der Waals surface area contributed by atoms with Gasteiger partial charge < -0.3 is 4.43 Å². The van der Waals surface area contributed by atoms with Gasteiger partial charge in [-0.15, -0.1) is 0 Å². The Morgan fingerprint density at radius 3 is 1.95 bits per heavy atom. The van der Waals surface area contributed by atoms with E-state index in [0.717, 1.165) is 17.8 Å². The van der Waals surface area contributed by atoms with E-state index in [9.17, 15) is 0 Å². The van der Waals surface area contributed by atoms with Gasteiger partial charge in [0.1, 0.15) is 0 Å². The van der Waals surface area contributed by atoms with Crippen LogP contribution in [0.25, 0.3) is 0 Å². The van der Waals surface area contributed by atoms with Gasteiger partial charge in [0.25, 0.3) is 0 Å². The first-order valence-corrected chi connectivity index (χ1v) is 10.5. The average Bonchev–Trinajstić information content (AvgIpc) is 2.88. The Morgan fingerprint density at radius 1 is 1.00 bits per heavy atom. The lowest BCUT2D eigenvalue weighted by atomic mass is 9.91. The van der Waals surface area contributed by atoms with E-state index < -0.39 is 8.32 Å². The van der Waals surface area contributed by atoms with Crippen LogP contribution in [-0.4, -0.2) is 15.4 Å². The van der Waals surface area contributed by atoms with Crippen LogP contribution in [0.1, 0.15) is 60.8 Å². The summed E-state index contributed by atoms with van der Waals surface area (Å²) in [7, 11) is 0.184. The molecule has 3 atom stereocenters. The van der Waals surface area contributed by atoms with Gasteiger partial charge in [0.05, 0.1) is 0 Å². The molecule has 0 N–H and O–H groups in total. The zero-order valence-corrected chi connectivity index (χ0v) is 15.6. The number of rotatable bonds is 4. The molecule has 0 spiro atoms. The van der Waals surface area contributed by atoms with Crippen LogP contribution >= 0.6 is 0 Å². The Morgan fingerprint density at radius 2 is 1.60 bits per heavy atom. The predicted molar refractivity (Wildman–Crippen MR) is 90.5 cm³/mol. The number of allylic oxidation sites excluding steroid dienone is 2. The molecule has 116 valence electrons. The van der Waals surface area contributed by atoms with Gasteiger partial charge in [0.15, 0.2) is 0 Å². The fourth-order valence-electron chi connectivity index (χ4n) is 5.20. The molecule has 2 rings (SSSR count). The molecule has 2 aliphatic rings. The highest BCUT2D eigenvalue weighted by Crippen LogP contribution is 2.55. The molecule has 0 aromatic rings. The number of fused-ring (bicyclic) bond motifs is 2. The molecule has 0 saturated heterocycles. The lowest BCUT2D eigenvalue weighted by Crippen LogP contribution is -2.54. The Balaban J connectivity index is 2.11. The van der Waals surface area contributed by atoms with Crippen molar-refractivity contribution >= 4 is 8.32 Å². The zero-order chi connectivity index (χ0) is 15.2. The minimum Gasteiger partial charge on any atom is -0.419 e. The Labute approximate surface area is 127 Å². The lowest BCUT2D eigenvalue weighted by Gasteiger charge is -2.50. The van der Waals surface area contributed by atoms with Gasteiger partial charge in [-0.05, 0) is 46.7 Å². The number of hydrogen-bond donors (Lipinski definition) is 0. The first-order valence-electron chi connectivity index (χ1n) is 8.34. The second-order valence-corrected chi connectivity index (χ2v) is 14.7. The van der Waals surface area contributed by atoms with Crippen molar-refractivity contribution in [3.8, 4) is 0 Å².